The maximum Gasteiger partial charge on any atom is 0.409 e. The van der Waals surface area contributed by atoms with E-state index in [0.717, 1.165) is 0 Å². The zero-order valence-electron chi connectivity index (χ0n) is 6.50. The molecular formula is C8H8FNO2. The largest absolute Gasteiger partial charge is 0.410 e. The van der Waals surface area contributed by atoms with Crippen LogP contribution in [0.3, 0.4) is 0 Å². The molecular weight excluding hydrogens is 161 g/mol. The van der Waals surface area contributed by atoms with E-state index in [9.17, 15) is 9.18 Å². The fourth-order valence-corrected chi connectivity index (χ4v) is 0.797. The lowest BCUT2D eigenvalue weighted by atomic mass is 10.2. The van der Waals surface area contributed by atoms with E-state index in [1.165, 1.54) is 18.2 Å². The van der Waals surface area contributed by atoms with Crippen molar-refractivity contribution in [2.75, 3.05) is 0 Å². The van der Waals surface area contributed by atoms with E-state index in [0.29, 0.717) is 5.56 Å². The first-order chi connectivity index (χ1) is 5.59. The van der Waals surface area contributed by atoms with Crippen molar-refractivity contribution in [3.63, 3.8) is 0 Å². The maximum absolute atomic E-state index is 12.7. The van der Waals surface area contributed by atoms with Crippen molar-refractivity contribution in [3.05, 3.63) is 29.6 Å². The van der Waals surface area contributed by atoms with E-state index in [1.807, 2.05) is 0 Å². The number of hydrogen-bond acceptors (Lipinski definition) is 2. The second-order valence-corrected chi connectivity index (χ2v) is 2.33. The van der Waals surface area contributed by atoms with Crippen LogP contribution in [0.1, 0.15) is 5.56 Å². The molecule has 0 saturated heterocycles. The first-order valence-corrected chi connectivity index (χ1v) is 3.33. The quantitative estimate of drug-likeness (QED) is 0.694. The predicted molar refractivity (Wildman–Crippen MR) is 41.3 cm³/mol. The molecule has 1 aromatic rings. The number of aryl methyl sites for hydroxylation is 1. The smallest absolute Gasteiger partial charge is 0.409 e. The molecule has 64 valence electrons. The Balaban J connectivity index is 2.89. The van der Waals surface area contributed by atoms with Crippen molar-refractivity contribution in [3.8, 4) is 5.75 Å². The number of hydrogen-bond donors (Lipinski definition) is 1. The van der Waals surface area contributed by atoms with Crippen LogP contribution >= 0.6 is 0 Å². The summed E-state index contributed by atoms with van der Waals surface area (Å²) in [5.74, 6) is -0.0896. The van der Waals surface area contributed by atoms with Crippen molar-refractivity contribution < 1.29 is 13.9 Å². The van der Waals surface area contributed by atoms with Crippen LogP contribution in [0.15, 0.2) is 18.2 Å². The summed E-state index contributed by atoms with van der Waals surface area (Å²) in [4.78, 5) is 10.3. The molecule has 1 rings (SSSR count). The van der Waals surface area contributed by atoms with Crippen LogP contribution in [0.2, 0.25) is 0 Å². The minimum atomic E-state index is -0.902. The fourth-order valence-electron chi connectivity index (χ4n) is 0.797. The van der Waals surface area contributed by atoms with E-state index in [2.05, 4.69) is 4.74 Å². The number of rotatable bonds is 1. The summed E-state index contributed by atoms with van der Waals surface area (Å²) in [6.45, 7) is 1.57. The zero-order valence-corrected chi connectivity index (χ0v) is 6.50. The molecule has 0 radical (unpaired) electrons. The number of primary amides is 1. The number of nitrogens with two attached hydrogens (primary N) is 1. The summed E-state index contributed by atoms with van der Waals surface area (Å²) in [5, 5.41) is 0. The standard InChI is InChI=1S/C8H8FNO2/c1-5-4-6(12-8(10)11)2-3-7(5)9/h2-4H,1H3,(H2,10,11). The van der Waals surface area contributed by atoms with Gasteiger partial charge in [-0.25, -0.2) is 9.18 Å². The Labute approximate surface area is 68.9 Å². The molecule has 0 fully saturated rings. The van der Waals surface area contributed by atoms with E-state index >= 15 is 0 Å². The van der Waals surface area contributed by atoms with Crippen molar-refractivity contribution in [2.24, 2.45) is 5.73 Å². The number of ether oxygens (including phenoxy) is 1. The molecule has 4 heteroatoms. The van der Waals surface area contributed by atoms with Crippen molar-refractivity contribution >= 4 is 6.09 Å². The minimum absolute atomic E-state index is 0.251. The van der Waals surface area contributed by atoms with Crippen molar-refractivity contribution in [1.29, 1.82) is 0 Å². The third kappa shape index (κ3) is 1.95. The highest BCUT2D eigenvalue weighted by Gasteiger charge is 2.01. The first kappa shape index (κ1) is 8.52. The van der Waals surface area contributed by atoms with Gasteiger partial charge in [0, 0.05) is 0 Å². The van der Waals surface area contributed by atoms with Crippen LogP contribution in [0.4, 0.5) is 9.18 Å². The predicted octanol–water partition coefficient (Wildman–Crippen LogP) is 1.59. The Kier molecular flexibility index (Phi) is 2.28. The van der Waals surface area contributed by atoms with Crippen LogP contribution in [-0.4, -0.2) is 6.09 Å². The van der Waals surface area contributed by atoms with Gasteiger partial charge in [-0.3, -0.25) is 0 Å². The molecule has 0 aliphatic rings. The molecule has 3 nitrogen and oxygen atoms in total. The lowest BCUT2D eigenvalue weighted by molar-refractivity contribution is 0.211. The van der Waals surface area contributed by atoms with Gasteiger partial charge < -0.3 is 10.5 Å². The average Bonchev–Trinajstić information content (AvgIpc) is 1.96. The second kappa shape index (κ2) is 3.21. The van der Waals surface area contributed by atoms with Gasteiger partial charge in [0.2, 0.25) is 0 Å². The van der Waals surface area contributed by atoms with Gasteiger partial charge in [0.15, 0.2) is 0 Å². The molecule has 12 heavy (non-hydrogen) atoms. The molecule has 0 heterocycles. The van der Waals surface area contributed by atoms with Crippen LogP contribution < -0.4 is 10.5 Å². The van der Waals surface area contributed by atoms with Gasteiger partial charge >= 0.3 is 6.09 Å². The van der Waals surface area contributed by atoms with Crippen LogP contribution in [-0.2, 0) is 0 Å². The highest BCUT2D eigenvalue weighted by Crippen LogP contribution is 2.15. The molecule has 0 aromatic heterocycles. The van der Waals surface area contributed by atoms with Gasteiger partial charge in [0.1, 0.15) is 11.6 Å². The van der Waals surface area contributed by atoms with Crippen LogP contribution in [0.25, 0.3) is 0 Å². The molecule has 0 unspecified atom stereocenters. The summed E-state index contributed by atoms with van der Waals surface area (Å²) in [5.41, 5.74) is 5.17. The Morgan fingerprint density at radius 2 is 2.25 bits per heavy atom. The van der Waals surface area contributed by atoms with Gasteiger partial charge in [0.05, 0.1) is 0 Å². The van der Waals surface area contributed by atoms with E-state index in [1.54, 1.807) is 6.92 Å². The van der Waals surface area contributed by atoms with E-state index < -0.39 is 6.09 Å². The Bertz CT molecular complexity index is 312. The summed E-state index contributed by atoms with van der Waals surface area (Å²) < 4.78 is 17.2. The van der Waals surface area contributed by atoms with Gasteiger partial charge in [-0.15, -0.1) is 0 Å². The third-order valence-electron chi connectivity index (χ3n) is 1.35. The second-order valence-electron chi connectivity index (χ2n) is 2.33. The molecule has 1 amide bonds. The highest BCUT2D eigenvalue weighted by molar-refractivity contribution is 5.68. The lowest BCUT2D eigenvalue weighted by Crippen LogP contribution is -2.16. The molecule has 0 atom stereocenters. The SMILES string of the molecule is Cc1cc(OC(N)=O)ccc1F. The zero-order chi connectivity index (χ0) is 9.14. The molecule has 0 aliphatic carbocycles. The Morgan fingerprint density at radius 1 is 1.58 bits per heavy atom. The van der Waals surface area contributed by atoms with Gasteiger partial charge in [-0.05, 0) is 30.7 Å². The topological polar surface area (TPSA) is 52.3 Å². The number of benzene rings is 1. The maximum atomic E-state index is 12.7. The van der Waals surface area contributed by atoms with Crippen LogP contribution in [0.5, 0.6) is 5.75 Å². The fraction of sp³-hybridized carbons (Fsp3) is 0.125. The molecule has 0 saturated carbocycles. The van der Waals surface area contributed by atoms with Gasteiger partial charge in [0.25, 0.3) is 0 Å². The van der Waals surface area contributed by atoms with Crippen molar-refractivity contribution in [2.45, 2.75) is 6.92 Å². The van der Waals surface area contributed by atoms with Gasteiger partial charge in [-0.2, -0.15) is 0 Å². The van der Waals surface area contributed by atoms with Crippen LogP contribution in [0, 0.1) is 12.7 Å². The summed E-state index contributed by atoms with van der Waals surface area (Å²) in [7, 11) is 0. The summed E-state index contributed by atoms with van der Waals surface area (Å²) >= 11 is 0. The van der Waals surface area contributed by atoms with Crippen molar-refractivity contribution in [1.82, 2.24) is 0 Å². The van der Waals surface area contributed by atoms with E-state index in [4.69, 9.17) is 5.73 Å². The molecule has 0 spiro atoms. The molecule has 0 aliphatic heterocycles. The molecule has 2 N–H and O–H groups in total. The Morgan fingerprint density at radius 3 is 2.75 bits per heavy atom. The molecule has 0 bridgehead atoms. The molecule has 1 aromatic carbocycles. The number of carbonyl (C=O) groups is 1. The third-order valence-corrected chi connectivity index (χ3v) is 1.35. The minimum Gasteiger partial charge on any atom is -0.410 e. The summed E-state index contributed by atoms with van der Waals surface area (Å²) in [6.07, 6.45) is -0.902. The monoisotopic (exact) mass is 169 g/mol. The first-order valence-electron chi connectivity index (χ1n) is 3.33. The van der Waals surface area contributed by atoms with Gasteiger partial charge in [-0.1, -0.05) is 0 Å². The number of halogens is 1. The normalized spacial score (nSPS) is 9.50. The summed E-state index contributed by atoms with van der Waals surface area (Å²) in [6, 6.07) is 3.96. The highest BCUT2D eigenvalue weighted by atomic mass is 19.1. The number of amides is 1. The van der Waals surface area contributed by atoms with E-state index in [-0.39, 0.29) is 11.6 Å². The Hall–Kier alpha value is -1.58. The average molecular weight is 169 g/mol. The lowest BCUT2D eigenvalue weighted by Gasteiger charge is -2.01. The number of carbonyl (C=O) groups excluding carboxylic acids is 1.